The number of aliphatic hydroxyl groups excluding tert-OH is 1. The van der Waals surface area contributed by atoms with Crippen LogP contribution >= 0.6 is 11.9 Å². The first-order chi connectivity index (χ1) is 17.4. The van der Waals surface area contributed by atoms with Crippen molar-refractivity contribution >= 4 is 40.9 Å². The molecule has 10 heteroatoms. The predicted octanol–water partition coefficient (Wildman–Crippen LogP) is 5.00. The molecule has 3 N–H and O–H groups in total. The van der Waals surface area contributed by atoms with Crippen molar-refractivity contribution in [3.8, 4) is 0 Å². The highest BCUT2D eigenvalue weighted by Gasteiger charge is 2.44. The summed E-state index contributed by atoms with van der Waals surface area (Å²) in [6.07, 6.45) is 4.52. The molecule has 1 spiro atoms. The Kier molecular flexibility index (Phi) is 7.25. The van der Waals surface area contributed by atoms with Crippen LogP contribution in [0.15, 0.2) is 36.4 Å². The first-order valence-electron chi connectivity index (χ1n) is 12.7. The second-order valence-corrected chi connectivity index (χ2v) is 11.0. The van der Waals surface area contributed by atoms with Gasteiger partial charge in [-0.05, 0) is 61.4 Å². The van der Waals surface area contributed by atoms with Crippen molar-refractivity contribution < 1.29 is 18.7 Å². The van der Waals surface area contributed by atoms with Crippen molar-refractivity contribution in [1.29, 1.82) is 0 Å². The van der Waals surface area contributed by atoms with Crippen molar-refractivity contribution in [2.24, 2.45) is 5.41 Å². The van der Waals surface area contributed by atoms with Crippen molar-refractivity contribution in [1.82, 2.24) is 4.98 Å². The van der Waals surface area contributed by atoms with Gasteiger partial charge in [0.1, 0.15) is 11.6 Å². The third kappa shape index (κ3) is 5.86. The Balaban J connectivity index is 1.32. The van der Waals surface area contributed by atoms with E-state index < -0.39 is 5.92 Å². The van der Waals surface area contributed by atoms with Crippen LogP contribution in [0.5, 0.6) is 0 Å². The predicted molar refractivity (Wildman–Crippen MR) is 141 cm³/mol. The van der Waals surface area contributed by atoms with E-state index in [4.69, 9.17) is 5.11 Å². The lowest BCUT2D eigenvalue weighted by molar-refractivity contribution is -0.0221. The van der Waals surface area contributed by atoms with Crippen LogP contribution in [-0.2, 0) is 0 Å². The molecule has 5 rings (SSSR count). The number of rotatable bonds is 8. The molecule has 2 saturated heterocycles. The molecule has 0 atom stereocenters. The number of hydrogen-bond donors (Lipinski definition) is 3. The van der Waals surface area contributed by atoms with Crippen molar-refractivity contribution in [3.05, 3.63) is 42.0 Å². The van der Waals surface area contributed by atoms with E-state index >= 15 is 0 Å². The lowest BCUT2D eigenvalue weighted by atomic mass is 9.93. The fraction of sp³-hybridized carbons (Fsp3) is 0.538. The summed E-state index contributed by atoms with van der Waals surface area (Å²) in [4.78, 5) is 22.1. The molecule has 1 aromatic heterocycles. The highest BCUT2D eigenvalue weighted by atomic mass is 32.2. The first-order valence-corrected chi connectivity index (χ1v) is 13.6. The van der Waals surface area contributed by atoms with E-state index in [-0.39, 0.29) is 38.4 Å². The Morgan fingerprint density at radius 2 is 1.72 bits per heavy atom. The van der Waals surface area contributed by atoms with E-state index in [9.17, 15) is 13.6 Å². The largest absolute Gasteiger partial charge is 0.395 e. The molecule has 0 bridgehead atoms. The third-order valence-corrected chi connectivity index (χ3v) is 8.31. The Bertz CT molecular complexity index is 1080. The van der Waals surface area contributed by atoms with Crippen LogP contribution in [0, 0.1) is 5.41 Å². The summed E-state index contributed by atoms with van der Waals surface area (Å²) in [6.45, 7) is 2.40. The summed E-state index contributed by atoms with van der Waals surface area (Å²) in [5.74, 6) is -1.31. The minimum atomic E-state index is -2.62. The number of benzene rings is 1. The molecule has 1 aliphatic carbocycles. The molecular formula is C26H33F2N5O2S. The quantitative estimate of drug-likeness (QED) is 0.336. The number of pyridine rings is 1. The number of nitrogens with zero attached hydrogens (tertiary/aromatic N) is 3. The number of carbonyl (C=O) groups excluding carboxylic acids is 1. The topological polar surface area (TPSA) is 80.7 Å². The van der Waals surface area contributed by atoms with Gasteiger partial charge in [-0.1, -0.05) is 18.0 Å². The molecule has 1 amide bonds. The van der Waals surface area contributed by atoms with Crippen molar-refractivity contribution in [2.75, 3.05) is 58.4 Å². The maximum Gasteiger partial charge on any atom is 0.258 e. The number of nitrogens with one attached hydrogen (secondary N) is 2. The molecule has 3 heterocycles. The first kappa shape index (κ1) is 25.1. The van der Waals surface area contributed by atoms with Crippen LogP contribution < -0.4 is 19.8 Å². The highest BCUT2D eigenvalue weighted by Crippen LogP contribution is 2.54. The van der Waals surface area contributed by atoms with Gasteiger partial charge >= 0.3 is 0 Å². The van der Waals surface area contributed by atoms with Gasteiger partial charge in [0.05, 0.1) is 17.9 Å². The van der Waals surface area contributed by atoms with E-state index in [0.29, 0.717) is 28.4 Å². The fourth-order valence-electron chi connectivity index (χ4n) is 5.04. The number of carbonyl (C=O) groups is 1. The maximum absolute atomic E-state index is 13.6. The van der Waals surface area contributed by atoms with Gasteiger partial charge in [0, 0.05) is 50.5 Å². The number of aromatic nitrogens is 1. The monoisotopic (exact) mass is 517 g/mol. The lowest BCUT2D eigenvalue weighted by Crippen LogP contribution is -2.39. The number of aliphatic hydroxyl groups is 1. The second kappa shape index (κ2) is 10.4. The zero-order chi connectivity index (χ0) is 25.2. The van der Waals surface area contributed by atoms with Gasteiger partial charge in [-0.15, -0.1) is 0 Å². The molecule has 1 aromatic carbocycles. The van der Waals surface area contributed by atoms with Gasteiger partial charge in [-0.3, -0.25) is 4.79 Å². The summed E-state index contributed by atoms with van der Waals surface area (Å²) in [5.41, 5.74) is 2.86. The smallest absolute Gasteiger partial charge is 0.258 e. The van der Waals surface area contributed by atoms with Crippen LogP contribution in [0.1, 0.15) is 48.9 Å². The van der Waals surface area contributed by atoms with Gasteiger partial charge in [0.15, 0.2) is 0 Å². The molecule has 0 radical (unpaired) electrons. The van der Waals surface area contributed by atoms with Crippen LogP contribution in [0.4, 0.5) is 31.8 Å². The van der Waals surface area contributed by atoms with Crippen LogP contribution in [-0.4, -0.2) is 60.5 Å². The molecule has 3 aliphatic rings. The van der Waals surface area contributed by atoms with Crippen LogP contribution in [0.3, 0.4) is 0 Å². The molecule has 7 nitrogen and oxygen atoms in total. The van der Waals surface area contributed by atoms with E-state index in [1.165, 1.54) is 24.8 Å². The SMILES string of the molecule is O=C(Nc1cccc(N2CCC(F)(F)CC2)n1)c1ccc(NSCCO)cc1N1CCC2(CC1)CC2. The molecule has 194 valence electrons. The Morgan fingerprint density at radius 3 is 2.42 bits per heavy atom. The van der Waals surface area contributed by atoms with Crippen molar-refractivity contribution in [3.63, 3.8) is 0 Å². The fourth-order valence-corrected chi connectivity index (χ4v) is 5.53. The van der Waals surface area contributed by atoms with E-state index in [1.54, 1.807) is 18.2 Å². The minimum Gasteiger partial charge on any atom is -0.395 e. The number of hydrogen-bond acceptors (Lipinski definition) is 7. The Morgan fingerprint density at radius 1 is 1.00 bits per heavy atom. The minimum absolute atomic E-state index is 0.0884. The van der Waals surface area contributed by atoms with Gasteiger partial charge < -0.3 is 24.9 Å². The summed E-state index contributed by atoms with van der Waals surface area (Å²) in [7, 11) is 0. The average Bonchev–Trinajstić information content (AvgIpc) is 3.63. The lowest BCUT2D eigenvalue weighted by Gasteiger charge is -2.35. The molecule has 3 fully saturated rings. The average molecular weight is 518 g/mol. The van der Waals surface area contributed by atoms with E-state index in [0.717, 1.165) is 37.3 Å². The van der Waals surface area contributed by atoms with Gasteiger partial charge in [0.25, 0.3) is 11.8 Å². The van der Waals surface area contributed by atoms with Crippen molar-refractivity contribution in [2.45, 2.75) is 44.4 Å². The van der Waals surface area contributed by atoms with Crippen LogP contribution in [0.2, 0.25) is 0 Å². The Hall–Kier alpha value is -2.59. The Labute approximate surface area is 214 Å². The standard InChI is InChI=1S/C26H33F2N5O2S/c27-26(28)10-14-33(15-11-26)23-3-1-2-22(29-23)30-24(35)20-5-4-19(31-36-17-16-34)18-21(20)32-12-8-25(6-7-25)9-13-32/h1-5,18,31,34H,6-17H2,(H,29,30,35). The number of piperidine rings is 2. The van der Waals surface area contributed by atoms with E-state index in [1.807, 2.05) is 23.1 Å². The summed E-state index contributed by atoms with van der Waals surface area (Å²) >= 11 is 1.42. The summed E-state index contributed by atoms with van der Waals surface area (Å²) in [5, 5.41) is 12.0. The molecule has 36 heavy (non-hydrogen) atoms. The molecule has 2 aliphatic heterocycles. The summed E-state index contributed by atoms with van der Waals surface area (Å²) < 4.78 is 30.4. The molecule has 1 saturated carbocycles. The second-order valence-electron chi connectivity index (χ2n) is 10.1. The van der Waals surface area contributed by atoms with Gasteiger partial charge in [-0.25, -0.2) is 13.8 Å². The van der Waals surface area contributed by atoms with Gasteiger partial charge in [-0.2, -0.15) is 0 Å². The number of halogens is 2. The molecule has 2 aromatic rings. The van der Waals surface area contributed by atoms with Gasteiger partial charge in [0.2, 0.25) is 0 Å². The summed E-state index contributed by atoms with van der Waals surface area (Å²) in [6, 6.07) is 11.0. The zero-order valence-electron chi connectivity index (χ0n) is 20.3. The van der Waals surface area contributed by atoms with E-state index in [2.05, 4.69) is 19.9 Å². The maximum atomic E-state index is 13.6. The highest BCUT2D eigenvalue weighted by molar-refractivity contribution is 8.00. The normalized spacial score (nSPS) is 20.3. The zero-order valence-corrected chi connectivity index (χ0v) is 21.1. The molecular weight excluding hydrogens is 484 g/mol. The van der Waals surface area contributed by atoms with Crippen LogP contribution in [0.25, 0.3) is 0 Å². The third-order valence-electron chi connectivity index (χ3n) is 7.54. The molecule has 0 unspecified atom stereocenters. The number of anilines is 4. The number of alkyl halides is 2. The number of amides is 1.